The van der Waals surface area contributed by atoms with Crippen LogP contribution in [0.5, 0.6) is 0 Å². The van der Waals surface area contributed by atoms with Gasteiger partial charge in [-0.1, -0.05) is 25.4 Å². The van der Waals surface area contributed by atoms with Crippen LogP contribution < -0.4 is 10.6 Å². The molecule has 1 amide bonds. The van der Waals surface area contributed by atoms with Crippen molar-refractivity contribution in [2.75, 3.05) is 10.6 Å². The average molecular weight is 336 g/mol. The number of amides is 1. The molecule has 0 aliphatic rings. The van der Waals surface area contributed by atoms with Gasteiger partial charge in [0.05, 0.1) is 16.9 Å². The zero-order valence-electron chi connectivity index (χ0n) is 13.1. The third-order valence-electron chi connectivity index (χ3n) is 3.58. The maximum atomic E-state index is 13.1. The molecule has 0 aliphatic heterocycles. The minimum Gasteiger partial charge on any atom is -0.340 e. The van der Waals surface area contributed by atoms with Crippen LogP contribution in [0.4, 0.5) is 21.6 Å². The number of pyridine rings is 1. The van der Waals surface area contributed by atoms with E-state index in [4.69, 9.17) is 11.6 Å². The van der Waals surface area contributed by atoms with Crippen LogP contribution in [0, 0.1) is 11.7 Å². The molecule has 0 fully saturated rings. The van der Waals surface area contributed by atoms with Gasteiger partial charge in [0, 0.05) is 11.6 Å². The molecule has 0 saturated heterocycles. The summed E-state index contributed by atoms with van der Waals surface area (Å²) in [5.41, 5.74) is 1.28. The van der Waals surface area contributed by atoms with E-state index < -0.39 is 5.82 Å². The molecule has 4 nitrogen and oxygen atoms in total. The Hall–Kier alpha value is -2.14. The number of nitrogens with one attached hydrogen (secondary N) is 2. The van der Waals surface area contributed by atoms with Crippen LogP contribution in [0.2, 0.25) is 5.02 Å². The van der Waals surface area contributed by atoms with Gasteiger partial charge in [-0.25, -0.2) is 9.37 Å². The quantitative estimate of drug-likeness (QED) is 0.781. The van der Waals surface area contributed by atoms with E-state index in [0.29, 0.717) is 17.2 Å². The number of nitrogens with zero attached hydrogens (tertiary/aromatic N) is 1. The van der Waals surface area contributed by atoms with Crippen molar-refractivity contribution in [3.8, 4) is 0 Å². The molecule has 0 spiro atoms. The third kappa shape index (κ3) is 4.66. The lowest BCUT2D eigenvalue weighted by Crippen LogP contribution is -2.21. The van der Waals surface area contributed by atoms with Crippen LogP contribution in [0.1, 0.15) is 26.7 Å². The average Bonchev–Trinajstić information content (AvgIpc) is 2.54. The molecule has 0 radical (unpaired) electrons. The van der Waals surface area contributed by atoms with Crippen molar-refractivity contribution in [1.82, 2.24) is 4.98 Å². The molecule has 0 atom stereocenters. The van der Waals surface area contributed by atoms with Crippen LogP contribution in [-0.4, -0.2) is 10.9 Å². The van der Waals surface area contributed by atoms with Gasteiger partial charge in [0.15, 0.2) is 0 Å². The van der Waals surface area contributed by atoms with Crippen molar-refractivity contribution >= 4 is 34.7 Å². The van der Waals surface area contributed by atoms with Crippen molar-refractivity contribution in [3.63, 3.8) is 0 Å². The van der Waals surface area contributed by atoms with Gasteiger partial charge in [-0.2, -0.15) is 0 Å². The van der Waals surface area contributed by atoms with E-state index in [1.165, 1.54) is 12.1 Å². The van der Waals surface area contributed by atoms with E-state index in [0.717, 1.165) is 12.8 Å². The Balaban J connectivity index is 2.01. The molecule has 6 heteroatoms. The Labute approximate surface area is 140 Å². The fraction of sp³-hybridized carbons (Fsp3) is 0.294. The number of anilines is 3. The summed E-state index contributed by atoms with van der Waals surface area (Å²) in [5, 5.41) is 5.92. The van der Waals surface area contributed by atoms with E-state index in [1.807, 2.05) is 13.8 Å². The molecule has 0 saturated carbocycles. The summed E-state index contributed by atoms with van der Waals surface area (Å²) in [6, 6.07) is 7.85. The van der Waals surface area contributed by atoms with Gasteiger partial charge in [0.2, 0.25) is 5.91 Å². The van der Waals surface area contributed by atoms with Gasteiger partial charge < -0.3 is 10.6 Å². The first-order valence-corrected chi connectivity index (χ1v) is 7.90. The Kier molecular flexibility index (Phi) is 5.93. The van der Waals surface area contributed by atoms with Crippen LogP contribution in [-0.2, 0) is 4.79 Å². The summed E-state index contributed by atoms with van der Waals surface area (Å²) in [7, 11) is 0. The summed E-state index contributed by atoms with van der Waals surface area (Å²) < 4.78 is 13.1. The normalized spacial score (nSPS) is 10.7. The molecule has 0 aliphatic carbocycles. The third-order valence-corrected chi connectivity index (χ3v) is 3.87. The Morgan fingerprint density at radius 3 is 2.48 bits per heavy atom. The summed E-state index contributed by atoms with van der Waals surface area (Å²) >= 11 is 5.74. The van der Waals surface area contributed by atoms with Gasteiger partial charge in [0.25, 0.3) is 0 Å². The summed E-state index contributed by atoms with van der Waals surface area (Å²) in [5.74, 6) is 0.120. The van der Waals surface area contributed by atoms with Crippen molar-refractivity contribution in [3.05, 3.63) is 47.4 Å². The number of rotatable bonds is 6. The van der Waals surface area contributed by atoms with Gasteiger partial charge in [-0.3, -0.25) is 4.79 Å². The maximum Gasteiger partial charge on any atom is 0.227 e. The van der Waals surface area contributed by atoms with Crippen molar-refractivity contribution in [2.45, 2.75) is 26.7 Å². The largest absolute Gasteiger partial charge is 0.340 e. The smallest absolute Gasteiger partial charge is 0.227 e. The fourth-order valence-corrected chi connectivity index (χ4v) is 2.35. The molecule has 1 heterocycles. The van der Waals surface area contributed by atoms with Gasteiger partial charge >= 0.3 is 0 Å². The van der Waals surface area contributed by atoms with E-state index in [2.05, 4.69) is 15.6 Å². The lowest BCUT2D eigenvalue weighted by Gasteiger charge is -2.13. The number of benzene rings is 1. The molecule has 0 bridgehead atoms. The van der Waals surface area contributed by atoms with E-state index >= 15 is 0 Å². The van der Waals surface area contributed by atoms with E-state index in [1.54, 1.807) is 24.4 Å². The van der Waals surface area contributed by atoms with Crippen molar-refractivity contribution < 1.29 is 9.18 Å². The molecule has 2 aromatic rings. The Morgan fingerprint density at radius 1 is 1.22 bits per heavy atom. The predicted molar refractivity (Wildman–Crippen MR) is 91.6 cm³/mol. The van der Waals surface area contributed by atoms with Crippen LogP contribution in [0.15, 0.2) is 36.5 Å². The standard InChI is InChI=1S/C17H19ClFN3O/c1-3-11(4-2)17(23)22-13-6-8-16(20-10-13)21-12-5-7-15(19)14(18)9-12/h5-11H,3-4H2,1-2H3,(H,20,21)(H,22,23). The SMILES string of the molecule is CCC(CC)C(=O)Nc1ccc(Nc2ccc(F)c(Cl)c2)nc1. The summed E-state index contributed by atoms with van der Waals surface area (Å²) in [4.78, 5) is 16.2. The minimum absolute atomic E-state index is 0.00262. The molecule has 1 aromatic heterocycles. The highest BCUT2D eigenvalue weighted by atomic mass is 35.5. The minimum atomic E-state index is -0.468. The number of halogens is 2. The highest BCUT2D eigenvalue weighted by Crippen LogP contribution is 2.22. The Morgan fingerprint density at radius 2 is 1.91 bits per heavy atom. The number of carbonyl (C=O) groups is 1. The van der Waals surface area contributed by atoms with Crippen molar-refractivity contribution in [2.24, 2.45) is 5.92 Å². The lowest BCUT2D eigenvalue weighted by molar-refractivity contribution is -0.120. The molecular formula is C17H19ClFN3O. The lowest BCUT2D eigenvalue weighted by atomic mass is 10.0. The summed E-state index contributed by atoms with van der Waals surface area (Å²) in [6.07, 6.45) is 3.19. The number of hydrogen-bond donors (Lipinski definition) is 2. The van der Waals surface area contributed by atoms with Gasteiger partial charge in [-0.15, -0.1) is 0 Å². The zero-order chi connectivity index (χ0) is 16.8. The first-order valence-electron chi connectivity index (χ1n) is 7.52. The zero-order valence-corrected chi connectivity index (χ0v) is 13.8. The van der Waals surface area contributed by atoms with Gasteiger partial charge in [0.1, 0.15) is 11.6 Å². The van der Waals surface area contributed by atoms with E-state index in [-0.39, 0.29) is 16.8 Å². The van der Waals surface area contributed by atoms with Crippen LogP contribution >= 0.6 is 11.6 Å². The molecular weight excluding hydrogens is 317 g/mol. The van der Waals surface area contributed by atoms with Crippen LogP contribution in [0.3, 0.4) is 0 Å². The second kappa shape index (κ2) is 7.92. The summed E-state index contributed by atoms with van der Waals surface area (Å²) in [6.45, 7) is 3.99. The van der Waals surface area contributed by atoms with Gasteiger partial charge in [-0.05, 0) is 43.2 Å². The molecule has 0 unspecified atom stereocenters. The highest BCUT2D eigenvalue weighted by Gasteiger charge is 2.14. The predicted octanol–water partition coefficient (Wildman–Crippen LogP) is 4.99. The fourth-order valence-electron chi connectivity index (χ4n) is 2.17. The maximum absolute atomic E-state index is 13.1. The topological polar surface area (TPSA) is 54.0 Å². The number of aromatic nitrogens is 1. The molecule has 23 heavy (non-hydrogen) atoms. The second-order valence-corrected chi connectivity index (χ2v) is 5.60. The first-order chi connectivity index (χ1) is 11.0. The highest BCUT2D eigenvalue weighted by molar-refractivity contribution is 6.31. The molecule has 122 valence electrons. The van der Waals surface area contributed by atoms with E-state index in [9.17, 15) is 9.18 Å². The first kappa shape index (κ1) is 17.2. The van der Waals surface area contributed by atoms with Crippen LogP contribution in [0.25, 0.3) is 0 Å². The molecule has 2 N–H and O–H groups in total. The number of hydrogen-bond acceptors (Lipinski definition) is 3. The Bertz CT molecular complexity index is 672. The monoisotopic (exact) mass is 335 g/mol. The molecule has 2 rings (SSSR count). The molecule has 1 aromatic carbocycles. The van der Waals surface area contributed by atoms with Crippen molar-refractivity contribution in [1.29, 1.82) is 0 Å². The second-order valence-electron chi connectivity index (χ2n) is 5.19. The number of carbonyl (C=O) groups excluding carboxylic acids is 1.